The van der Waals surface area contributed by atoms with E-state index in [1.807, 2.05) is 18.3 Å². The van der Waals surface area contributed by atoms with Crippen LogP contribution in [-0.4, -0.2) is 4.98 Å². The zero-order valence-electron chi connectivity index (χ0n) is 26.2. The summed E-state index contributed by atoms with van der Waals surface area (Å²) >= 11 is 2.02. The van der Waals surface area contributed by atoms with Crippen LogP contribution >= 0.6 is 11.3 Å². The first-order chi connectivity index (χ1) is 22.6. The maximum Gasteiger partial charge on any atom is 0.227 e. The Labute approximate surface area is 272 Å². The number of hydrogen-bond acceptors (Lipinski definition) is 3. The number of aryl methyl sites for hydroxylation is 4. The van der Waals surface area contributed by atoms with Gasteiger partial charge in [-0.2, -0.15) is 9.13 Å². The van der Waals surface area contributed by atoms with Gasteiger partial charge in [0.15, 0.2) is 30.6 Å². The molecule has 2 atom stereocenters. The summed E-state index contributed by atoms with van der Waals surface area (Å²) in [5, 5.41) is 3.66. The standard InChI is InChI=1S/C41H35N3OS/c1-24-14-19-35-28-10-4-3-9-27(28)33-22-43-23-38-32(29-11-5-6-13-37(29)46-38)20-36(43)39-26(8-7-12-34(33)44(35)21-24)16-18-30-31-17-15-25(2)42-41(31)45-40(30)39/h3-4,7,9-10,12,14-21,23,33-34H,5-6,8,11,13,22H2,1-2H3/q+2/b12-7+. The molecule has 5 heteroatoms. The molecule has 46 heavy (non-hydrogen) atoms. The van der Waals surface area contributed by atoms with E-state index in [2.05, 4.69) is 107 Å². The zero-order valence-corrected chi connectivity index (χ0v) is 27.0. The molecule has 7 aromatic rings. The monoisotopic (exact) mass is 617 g/mol. The second kappa shape index (κ2) is 9.94. The van der Waals surface area contributed by atoms with Crippen molar-refractivity contribution in [3.8, 4) is 22.5 Å². The molecular formula is C41H35N3OS+2. The van der Waals surface area contributed by atoms with Crippen LogP contribution in [0.4, 0.5) is 0 Å². The number of furan rings is 1. The lowest BCUT2D eigenvalue weighted by atomic mass is 9.81. The van der Waals surface area contributed by atoms with Gasteiger partial charge in [-0.3, -0.25) is 0 Å². The van der Waals surface area contributed by atoms with Crippen molar-refractivity contribution in [2.75, 3.05) is 0 Å². The predicted molar refractivity (Wildman–Crippen MR) is 185 cm³/mol. The van der Waals surface area contributed by atoms with Gasteiger partial charge in [0, 0.05) is 44.4 Å². The fraction of sp³-hybridized carbons (Fsp3) is 0.244. The van der Waals surface area contributed by atoms with Gasteiger partial charge in [-0.1, -0.05) is 36.4 Å². The van der Waals surface area contributed by atoms with Gasteiger partial charge in [0.25, 0.3) is 0 Å². The summed E-state index contributed by atoms with van der Waals surface area (Å²) in [5.74, 6) is 0.267. The van der Waals surface area contributed by atoms with Crippen molar-refractivity contribution in [3.05, 3.63) is 124 Å². The molecule has 7 heterocycles. The number of fused-ring (bicyclic) bond motifs is 16. The van der Waals surface area contributed by atoms with E-state index in [0.717, 1.165) is 40.7 Å². The van der Waals surface area contributed by atoms with Crippen LogP contribution in [0.2, 0.25) is 0 Å². The van der Waals surface area contributed by atoms with Crippen LogP contribution in [0.25, 0.3) is 54.7 Å². The molecule has 2 aliphatic heterocycles. The molecule has 3 aliphatic rings. The molecule has 0 fully saturated rings. The molecule has 4 nitrogen and oxygen atoms in total. The van der Waals surface area contributed by atoms with Gasteiger partial charge < -0.3 is 4.42 Å². The van der Waals surface area contributed by atoms with Crippen molar-refractivity contribution in [2.45, 2.75) is 64.5 Å². The highest BCUT2D eigenvalue weighted by Gasteiger charge is 2.42. The molecular weight excluding hydrogens is 583 g/mol. The van der Waals surface area contributed by atoms with E-state index >= 15 is 0 Å². The summed E-state index contributed by atoms with van der Waals surface area (Å²) < 4.78 is 13.2. The fourth-order valence-electron chi connectivity index (χ4n) is 8.48. The number of rotatable bonds is 0. The first kappa shape index (κ1) is 26.6. The van der Waals surface area contributed by atoms with E-state index in [4.69, 9.17) is 9.40 Å². The van der Waals surface area contributed by atoms with Crippen LogP contribution in [-0.2, 0) is 25.8 Å². The Bertz CT molecular complexity index is 2430. The lowest BCUT2D eigenvalue weighted by molar-refractivity contribution is -0.732. The minimum absolute atomic E-state index is 0.209. The number of nitrogens with zero attached hydrogens (tertiary/aromatic N) is 3. The SMILES string of the molecule is Cc1ccc2[n+](c1)C1/C=C/Cc3ccc4c(oc5nc(C)ccc54)c3-c3cc4c5c(sc4c[n+]3CC1c1ccccc1-2)CCCC5. The fourth-order valence-corrected chi connectivity index (χ4v) is 9.80. The second-order valence-corrected chi connectivity index (χ2v) is 14.6. The Kier molecular flexibility index (Phi) is 5.75. The van der Waals surface area contributed by atoms with Gasteiger partial charge in [0.1, 0.15) is 5.92 Å². The summed E-state index contributed by atoms with van der Waals surface area (Å²) in [7, 11) is 0. The van der Waals surface area contributed by atoms with Gasteiger partial charge >= 0.3 is 0 Å². The minimum Gasteiger partial charge on any atom is -0.437 e. The molecule has 2 unspecified atom stereocenters. The Hall–Kier alpha value is -4.61. The Balaban J connectivity index is 1.29. The molecule has 0 bridgehead atoms. The summed E-state index contributed by atoms with van der Waals surface area (Å²) in [4.78, 5) is 6.39. The molecule has 5 aromatic heterocycles. The average molecular weight is 618 g/mol. The van der Waals surface area contributed by atoms with E-state index < -0.39 is 0 Å². The number of allylic oxidation sites excluding steroid dienone is 2. The normalized spacial score (nSPS) is 19.2. The van der Waals surface area contributed by atoms with Crippen molar-refractivity contribution < 1.29 is 13.6 Å². The largest absolute Gasteiger partial charge is 0.437 e. The zero-order chi connectivity index (χ0) is 30.5. The molecule has 10 rings (SSSR count). The van der Waals surface area contributed by atoms with Gasteiger partial charge in [-0.25, -0.2) is 4.98 Å². The molecule has 2 aromatic carbocycles. The third-order valence-electron chi connectivity index (χ3n) is 10.7. The molecule has 0 saturated heterocycles. The number of benzene rings is 2. The lowest BCUT2D eigenvalue weighted by Crippen LogP contribution is -2.51. The van der Waals surface area contributed by atoms with Crippen molar-refractivity contribution in [2.24, 2.45) is 0 Å². The molecule has 0 saturated carbocycles. The number of aromatic nitrogens is 3. The van der Waals surface area contributed by atoms with Gasteiger partial charge in [0.05, 0.1) is 15.8 Å². The molecule has 0 amide bonds. The summed E-state index contributed by atoms with van der Waals surface area (Å²) in [5.41, 5.74) is 13.3. The highest BCUT2D eigenvalue weighted by Crippen LogP contribution is 2.44. The Morgan fingerprint density at radius 2 is 1.76 bits per heavy atom. The van der Waals surface area contributed by atoms with Crippen molar-refractivity contribution in [1.82, 2.24) is 4.98 Å². The average Bonchev–Trinajstić information content (AvgIpc) is 3.62. The molecule has 0 radical (unpaired) electrons. The topological polar surface area (TPSA) is 33.8 Å². The maximum absolute atomic E-state index is 6.74. The highest BCUT2D eigenvalue weighted by atomic mass is 32.1. The minimum atomic E-state index is 0.209. The molecule has 0 N–H and O–H groups in total. The van der Waals surface area contributed by atoms with Crippen LogP contribution < -0.4 is 9.13 Å². The molecule has 1 aliphatic carbocycles. The van der Waals surface area contributed by atoms with Crippen LogP contribution in [0.3, 0.4) is 0 Å². The van der Waals surface area contributed by atoms with E-state index in [9.17, 15) is 0 Å². The van der Waals surface area contributed by atoms with Crippen molar-refractivity contribution in [3.63, 3.8) is 0 Å². The van der Waals surface area contributed by atoms with Crippen LogP contribution in [0.15, 0.2) is 95.7 Å². The predicted octanol–water partition coefficient (Wildman–Crippen LogP) is 9.05. The van der Waals surface area contributed by atoms with Gasteiger partial charge in [-0.05, 0) is 93.0 Å². The van der Waals surface area contributed by atoms with E-state index in [1.165, 1.54) is 75.0 Å². The second-order valence-electron chi connectivity index (χ2n) is 13.5. The highest BCUT2D eigenvalue weighted by molar-refractivity contribution is 7.19. The third-order valence-corrected chi connectivity index (χ3v) is 11.9. The first-order valence-corrected chi connectivity index (χ1v) is 17.5. The Morgan fingerprint density at radius 3 is 2.72 bits per heavy atom. The van der Waals surface area contributed by atoms with E-state index in [1.54, 1.807) is 10.4 Å². The maximum atomic E-state index is 6.74. The Morgan fingerprint density at radius 1 is 0.870 bits per heavy atom. The summed E-state index contributed by atoms with van der Waals surface area (Å²) in [6, 6.07) is 25.2. The van der Waals surface area contributed by atoms with Crippen LogP contribution in [0.1, 0.15) is 57.6 Å². The number of hydrogen-bond donors (Lipinski definition) is 0. The summed E-state index contributed by atoms with van der Waals surface area (Å²) in [6.45, 7) is 5.11. The summed E-state index contributed by atoms with van der Waals surface area (Å²) in [6.07, 6.45) is 15.5. The lowest BCUT2D eigenvalue weighted by Gasteiger charge is -2.28. The first-order valence-electron chi connectivity index (χ1n) is 16.7. The van der Waals surface area contributed by atoms with Crippen molar-refractivity contribution in [1.29, 1.82) is 0 Å². The van der Waals surface area contributed by atoms with E-state index in [-0.39, 0.29) is 12.0 Å². The van der Waals surface area contributed by atoms with E-state index in [0.29, 0.717) is 0 Å². The van der Waals surface area contributed by atoms with Gasteiger partial charge in [0.2, 0.25) is 17.1 Å². The van der Waals surface area contributed by atoms with Crippen molar-refractivity contribution >= 4 is 43.5 Å². The quantitative estimate of drug-likeness (QED) is 0.126. The molecule has 224 valence electrons. The number of pyridine rings is 3. The van der Waals surface area contributed by atoms with Crippen LogP contribution in [0, 0.1) is 13.8 Å². The third kappa shape index (κ3) is 3.88. The smallest absolute Gasteiger partial charge is 0.227 e. The van der Waals surface area contributed by atoms with Crippen LogP contribution in [0.5, 0.6) is 0 Å². The van der Waals surface area contributed by atoms with Gasteiger partial charge in [-0.15, -0.1) is 11.3 Å². The number of thiophene rings is 1. The molecule has 0 spiro atoms.